The molecule has 0 N–H and O–H groups in total. The smallest absolute Gasteiger partial charge is 0.244 e. The predicted octanol–water partition coefficient (Wildman–Crippen LogP) is 3.18. The van der Waals surface area contributed by atoms with Gasteiger partial charge >= 0.3 is 0 Å². The van der Waals surface area contributed by atoms with Crippen LogP contribution in [0.4, 0.5) is 5.13 Å². The molecule has 142 valence electrons. The minimum Gasteiger partial charge on any atom is -0.345 e. The molecular weight excluding hydrogens is 378 g/mol. The van der Waals surface area contributed by atoms with Gasteiger partial charge in [0, 0.05) is 36.8 Å². The summed E-state index contributed by atoms with van der Waals surface area (Å²) in [5, 5.41) is 5.45. The predicted molar refractivity (Wildman–Crippen MR) is 112 cm³/mol. The Kier molecular flexibility index (Phi) is 5.10. The Balaban J connectivity index is 1.41. The third kappa shape index (κ3) is 3.68. The molecule has 1 amide bonds. The molecule has 4 rings (SSSR count). The van der Waals surface area contributed by atoms with Gasteiger partial charge in [-0.1, -0.05) is 17.4 Å². The number of thiazole rings is 1. The quantitative estimate of drug-likeness (QED) is 0.629. The van der Waals surface area contributed by atoms with Crippen LogP contribution in [0.25, 0.3) is 10.2 Å². The van der Waals surface area contributed by atoms with Crippen LogP contribution in [0.5, 0.6) is 0 Å². The van der Waals surface area contributed by atoms with Gasteiger partial charge in [0.05, 0.1) is 15.9 Å². The summed E-state index contributed by atoms with van der Waals surface area (Å²) in [6.07, 6.45) is 2.08. The second kappa shape index (κ2) is 7.52. The number of para-hydroxylation sites is 1. The van der Waals surface area contributed by atoms with Crippen LogP contribution in [0.3, 0.4) is 0 Å². The Morgan fingerprint density at radius 1 is 1.22 bits per heavy atom. The standard InChI is InChI=1S/C19H23N5OS2/c1-13-11-14(2)24(21-13)12-17(25)22-7-9-23(10-8-22)19-20-18-15(26-3)5-4-6-16(18)27-19/h4-6,11H,7-10,12H2,1-3H3. The number of rotatable bonds is 4. The van der Waals surface area contributed by atoms with E-state index in [-0.39, 0.29) is 5.91 Å². The van der Waals surface area contributed by atoms with Crippen molar-refractivity contribution in [3.05, 3.63) is 35.7 Å². The fraction of sp³-hybridized carbons (Fsp3) is 0.421. The van der Waals surface area contributed by atoms with Crippen molar-refractivity contribution in [1.29, 1.82) is 0 Å². The average Bonchev–Trinajstić information content (AvgIpc) is 3.24. The van der Waals surface area contributed by atoms with Gasteiger partial charge < -0.3 is 9.80 Å². The van der Waals surface area contributed by atoms with Crippen molar-refractivity contribution < 1.29 is 4.79 Å². The van der Waals surface area contributed by atoms with Crippen molar-refractivity contribution in [2.45, 2.75) is 25.3 Å². The number of aryl methyl sites for hydroxylation is 2. The molecule has 1 saturated heterocycles. The number of carbonyl (C=O) groups is 1. The number of hydrogen-bond donors (Lipinski definition) is 0. The van der Waals surface area contributed by atoms with Crippen molar-refractivity contribution >= 4 is 44.4 Å². The minimum atomic E-state index is 0.134. The first-order chi connectivity index (χ1) is 13.0. The summed E-state index contributed by atoms with van der Waals surface area (Å²) >= 11 is 3.47. The molecule has 27 heavy (non-hydrogen) atoms. The van der Waals surface area contributed by atoms with E-state index in [1.165, 1.54) is 9.60 Å². The third-order valence-corrected chi connectivity index (χ3v) is 6.73. The third-order valence-electron chi connectivity index (χ3n) is 4.88. The number of aromatic nitrogens is 3. The number of anilines is 1. The molecule has 0 saturated carbocycles. The Labute approximate surface area is 167 Å². The summed E-state index contributed by atoms with van der Waals surface area (Å²) in [5.41, 5.74) is 3.07. The molecule has 1 aliphatic heterocycles. The summed E-state index contributed by atoms with van der Waals surface area (Å²) in [5.74, 6) is 0.134. The summed E-state index contributed by atoms with van der Waals surface area (Å²) in [6.45, 7) is 7.34. The number of thioether (sulfide) groups is 1. The minimum absolute atomic E-state index is 0.134. The van der Waals surface area contributed by atoms with E-state index in [4.69, 9.17) is 4.98 Å². The number of amides is 1. The Morgan fingerprint density at radius 3 is 2.67 bits per heavy atom. The van der Waals surface area contributed by atoms with Crippen LogP contribution >= 0.6 is 23.1 Å². The molecule has 1 fully saturated rings. The monoisotopic (exact) mass is 401 g/mol. The summed E-state index contributed by atoms with van der Waals surface area (Å²) in [4.78, 5) is 22.9. The molecule has 0 unspecified atom stereocenters. The number of benzene rings is 1. The van der Waals surface area contributed by atoms with Crippen molar-refractivity contribution in [2.24, 2.45) is 0 Å². The lowest BCUT2D eigenvalue weighted by Gasteiger charge is -2.34. The molecule has 8 heteroatoms. The molecule has 0 bridgehead atoms. The van der Waals surface area contributed by atoms with E-state index < -0.39 is 0 Å². The zero-order valence-electron chi connectivity index (χ0n) is 15.8. The number of nitrogens with zero attached hydrogens (tertiary/aromatic N) is 5. The maximum atomic E-state index is 12.6. The van der Waals surface area contributed by atoms with Gasteiger partial charge in [-0.25, -0.2) is 4.98 Å². The molecule has 0 atom stereocenters. The van der Waals surface area contributed by atoms with Gasteiger partial charge in [0.2, 0.25) is 5.91 Å². The van der Waals surface area contributed by atoms with Gasteiger partial charge in [0.1, 0.15) is 6.54 Å². The first-order valence-corrected chi connectivity index (χ1v) is 11.1. The average molecular weight is 402 g/mol. The normalized spacial score (nSPS) is 14.9. The maximum absolute atomic E-state index is 12.6. The van der Waals surface area contributed by atoms with Gasteiger partial charge in [-0.05, 0) is 38.3 Å². The Bertz CT molecular complexity index is 972. The summed E-state index contributed by atoms with van der Waals surface area (Å²) < 4.78 is 3.02. The van der Waals surface area contributed by atoms with Crippen LogP contribution < -0.4 is 4.90 Å². The number of fused-ring (bicyclic) bond motifs is 1. The second-order valence-corrected chi connectivity index (χ2v) is 8.61. The van der Waals surface area contributed by atoms with E-state index >= 15 is 0 Å². The van der Waals surface area contributed by atoms with Crippen LogP contribution in [0.1, 0.15) is 11.4 Å². The molecule has 0 spiro atoms. The van der Waals surface area contributed by atoms with Crippen molar-refractivity contribution in [2.75, 3.05) is 37.3 Å². The molecular formula is C19H23N5OS2. The molecule has 0 radical (unpaired) electrons. The SMILES string of the molecule is CSc1cccc2sc(N3CCN(C(=O)Cn4nc(C)cc4C)CC3)nc12. The van der Waals surface area contributed by atoms with Crippen LogP contribution in [-0.4, -0.2) is 58.0 Å². The summed E-state index contributed by atoms with van der Waals surface area (Å²) in [7, 11) is 0. The van der Waals surface area contributed by atoms with Crippen LogP contribution in [0.2, 0.25) is 0 Å². The van der Waals surface area contributed by atoms with Gasteiger partial charge in [-0.3, -0.25) is 9.48 Å². The topological polar surface area (TPSA) is 54.3 Å². The van der Waals surface area contributed by atoms with Gasteiger partial charge in [0.25, 0.3) is 0 Å². The number of hydrogen-bond acceptors (Lipinski definition) is 6. The highest BCUT2D eigenvalue weighted by molar-refractivity contribution is 7.98. The number of piperazine rings is 1. The van der Waals surface area contributed by atoms with Crippen LogP contribution in [0, 0.1) is 13.8 Å². The van der Waals surface area contributed by atoms with Crippen LogP contribution in [-0.2, 0) is 11.3 Å². The molecule has 2 aromatic heterocycles. The van der Waals surface area contributed by atoms with Gasteiger partial charge in [-0.2, -0.15) is 5.10 Å². The van der Waals surface area contributed by atoms with E-state index in [1.54, 1.807) is 27.8 Å². The molecule has 6 nitrogen and oxygen atoms in total. The van der Waals surface area contributed by atoms with Crippen molar-refractivity contribution in [3.63, 3.8) is 0 Å². The number of carbonyl (C=O) groups excluding carboxylic acids is 1. The lowest BCUT2D eigenvalue weighted by Crippen LogP contribution is -2.49. The first-order valence-electron chi connectivity index (χ1n) is 9.02. The largest absolute Gasteiger partial charge is 0.345 e. The summed E-state index contributed by atoms with van der Waals surface area (Å²) in [6, 6.07) is 8.34. The van der Waals surface area contributed by atoms with E-state index in [1.807, 2.05) is 24.8 Å². The first kappa shape index (κ1) is 18.3. The second-order valence-electron chi connectivity index (χ2n) is 6.76. The Hall–Kier alpha value is -2.06. The molecule has 0 aliphatic carbocycles. The lowest BCUT2D eigenvalue weighted by atomic mass is 10.3. The fourth-order valence-electron chi connectivity index (χ4n) is 3.42. The highest BCUT2D eigenvalue weighted by Crippen LogP contribution is 2.34. The van der Waals surface area contributed by atoms with Gasteiger partial charge in [0.15, 0.2) is 5.13 Å². The zero-order chi connectivity index (χ0) is 19.0. The lowest BCUT2D eigenvalue weighted by molar-refractivity contribution is -0.132. The highest BCUT2D eigenvalue weighted by atomic mass is 32.2. The van der Waals surface area contributed by atoms with Crippen molar-refractivity contribution in [1.82, 2.24) is 19.7 Å². The van der Waals surface area contributed by atoms with E-state index in [0.29, 0.717) is 6.54 Å². The highest BCUT2D eigenvalue weighted by Gasteiger charge is 2.24. The van der Waals surface area contributed by atoms with E-state index in [9.17, 15) is 4.79 Å². The molecule has 3 aromatic rings. The molecule has 3 heterocycles. The molecule has 1 aliphatic rings. The van der Waals surface area contributed by atoms with Crippen molar-refractivity contribution in [3.8, 4) is 0 Å². The van der Waals surface area contributed by atoms with Gasteiger partial charge in [-0.15, -0.1) is 11.8 Å². The van der Waals surface area contributed by atoms with E-state index in [0.717, 1.165) is 48.2 Å². The fourth-order valence-corrected chi connectivity index (χ4v) is 5.09. The maximum Gasteiger partial charge on any atom is 0.244 e. The Morgan fingerprint density at radius 2 is 2.00 bits per heavy atom. The van der Waals surface area contributed by atoms with E-state index in [2.05, 4.69) is 34.5 Å². The van der Waals surface area contributed by atoms with Crippen LogP contribution in [0.15, 0.2) is 29.2 Å². The molecule has 1 aromatic carbocycles. The zero-order valence-corrected chi connectivity index (χ0v) is 17.4.